The molecule has 0 heterocycles. The molecule has 0 unspecified atom stereocenters. The third-order valence-corrected chi connectivity index (χ3v) is 1.31. The summed E-state index contributed by atoms with van der Waals surface area (Å²) in [6.45, 7) is 17.4. The molecular formula is C11H16. The summed E-state index contributed by atoms with van der Waals surface area (Å²) in [6, 6.07) is 0. The Labute approximate surface area is 69.6 Å². The largest absolute Gasteiger partial charge is 0.0961 e. The van der Waals surface area contributed by atoms with E-state index in [0.29, 0.717) is 0 Å². The Hall–Kier alpha value is -1.04. The Morgan fingerprint density at radius 1 is 0.909 bits per heavy atom. The van der Waals surface area contributed by atoms with Crippen molar-refractivity contribution < 1.29 is 0 Å². The van der Waals surface area contributed by atoms with E-state index in [2.05, 4.69) is 19.7 Å². The van der Waals surface area contributed by atoms with E-state index in [1.807, 2.05) is 26.8 Å². The first kappa shape index (κ1) is 9.96. The zero-order valence-electron chi connectivity index (χ0n) is 7.70. The molecule has 0 rings (SSSR count). The molecule has 0 aliphatic carbocycles. The number of hydrogen-bond acceptors (Lipinski definition) is 0. The fourth-order valence-electron chi connectivity index (χ4n) is 0.857. The van der Waals surface area contributed by atoms with E-state index < -0.39 is 0 Å². The van der Waals surface area contributed by atoms with Gasteiger partial charge < -0.3 is 0 Å². The van der Waals surface area contributed by atoms with Gasteiger partial charge in [-0.1, -0.05) is 42.5 Å². The zero-order valence-corrected chi connectivity index (χ0v) is 7.70. The van der Waals surface area contributed by atoms with Gasteiger partial charge >= 0.3 is 0 Å². The minimum absolute atomic E-state index is 1.03. The highest BCUT2D eigenvalue weighted by Crippen LogP contribution is 2.16. The second-order valence-electron chi connectivity index (χ2n) is 2.97. The Morgan fingerprint density at radius 3 is 1.36 bits per heavy atom. The van der Waals surface area contributed by atoms with Crippen molar-refractivity contribution in [3.63, 3.8) is 0 Å². The van der Waals surface area contributed by atoms with Gasteiger partial charge in [0.1, 0.15) is 0 Å². The van der Waals surface area contributed by atoms with Gasteiger partial charge in [0, 0.05) is 0 Å². The van der Waals surface area contributed by atoms with Crippen LogP contribution in [-0.4, -0.2) is 0 Å². The first-order valence-corrected chi connectivity index (χ1v) is 3.64. The summed E-state index contributed by atoms with van der Waals surface area (Å²) >= 11 is 0. The molecular weight excluding hydrogens is 132 g/mol. The third-order valence-electron chi connectivity index (χ3n) is 1.31. The standard InChI is InChI=1S/C11H16/c1-8(2)7-11(9(3)4)10(5)6/h7H,1,3,5H2,2,4,6H3. The number of allylic oxidation sites excluding steroid dienone is 5. The molecule has 0 spiro atoms. The van der Waals surface area contributed by atoms with Crippen LogP contribution in [0.25, 0.3) is 0 Å². The molecule has 0 nitrogen and oxygen atoms in total. The van der Waals surface area contributed by atoms with Gasteiger partial charge in [0.05, 0.1) is 0 Å². The lowest BCUT2D eigenvalue weighted by Crippen LogP contribution is -1.85. The summed E-state index contributed by atoms with van der Waals surface area (Å²) < 4.78 is 0. The van der Waals surface area contributed by atoms with Crippen molar-refractivity contribution in [1.82, 2.24) is 0 Å². The molecule has 0 amide bonds. The highest BCUT2D eigenvalue weighted by Gasteiger charge is 1.97. The highest BCUT2D eigenvalue weighted by molar-refractivity contribution is 5.45. The lowest BCUT2D eigenvalue weighted by molar-refractivity contribution is 1.33. The Balaban J connectivity index is 4.75. The molecule has 0 fully saturated rings. The maximum atomic E-state index is 3.86. The summed E-state index contributed by atoms with van der Waals surface area (Å²) in [6.07, 6.45) is 2.00. The second kappa shape index (κ2) is 3.97. The van der Waals surface area contributed by atoms with E-state index >= 15 is 0 Å². The second-order valence-corrected chi connectivity index (χ2v) is 2.97. The van der Waals surface area contributed by atoms with Crippen molar-refractivity contribution in [2.75, 3.05) is 0 Å². The van der Waals surface area contributed by atoms with E-state index in [-0.39, 0.29) is 0 Å². The summed E-state index contributed by atoms with van der Waals surface area (Å²) in [5.74, 6) is 0. The average molecular weight is 148 g/mol. The van der Waals surface area contributed by atoms with Crippen LogP contribution in [0.1, 0.15) is 20.8 Å². The first-order valence-electron chi connectivity index (χ1n) is 3.64. The molecule has 0 N–H and O–H groups in total. The molecule has 0 aliphatic heterocycles. The van der Waals surface area contributed by atoms with Gasteiger partial charge in [0.2, 0.25) is 0 Å². The zero-order chi connectivity index (χ0) is 9.02. The van der Waals surface area contributed by atoms with Gasteiger partial charge in [0.25, 0.3) is 0 Å². The monoisotopic (exact) mass is 148 g/mol. The van der Waals surface area contributed by atoms with Crippen molar-refractivity contribution in [3.05, 3.63) is 48.1 Å². The first-order chi connectivity index (χ1) is 4.95. The molecule has 0 aliphatic rings. The van der Waals surface area contributed by atoms with Crippen LogP contribution in [-0.2, 0) is 0 Å². The molecule has 0 atom stereocenters. The molecule has 0 saturated heterocycles. The van der Waals surface area contributed by atoms with Gasteiger partial charge in [-0.05, 0) is 26.3 Å². The predicted molar refractivity (Wildman–Crippen MR) is 52.5 cm³/mol. The maximum Gasteiger partial charge on any atom is -0.0207 e. The fraction of sp³-hybridized carbons (Fsp3) is 0.273. The van der Waals surface area contributed by atoms with Gasteiger partial charge in [-0.2, -0.15) is 0 Å². The molecule has 60 valence electrons. The summed E-state index contributed by atoms with van der Waals surface area (Å²) in [5.41, 5.74) is 4.23. The van der Waals surface area contributed by atoms with E-state index in [9.17, 15) is 0 Å². The maximum absolute atomic E-state index is 3.86. The molecule has 0 aromatic carbocycles. The van der Waals surface area contributed by atoms with Crippen LogP contribution >= 0.6 is 0 Å². The van der Waals surface area contributed by atoms with Gasteiger partial charge in [-0.3, -0.25) is 0 Å². The van der Waals surface area contributed by atoms with Crippen molar-refractivity contribution in [3.8, 4) is 0 Å². The van der Waals surface area contributed by atoms with E-state index in [1.165, 1.54) is 0 Å². The molecule has 0 radical (unpaired) electrons. The van der Waals surface area contributed by atoms with E-state index in [1.54, 1.807) is 0 Å². The van der Waals surface area contributed by atoms with Crippen LogP contribution in [0, 0.1) is 0 Å². The molecule has 11 heavy (non-hydrogen) atoms. The van der Waals surface area contributed by atoms with Crippen LogP contribution < -0.4 is 0 Å². The van der Waals surface area contributed by atoms with Gasteiger partial charge in [-0.25, -0.2) is 0 Å². The SMILES string of the molecule is C=C(C)C=C(C(=C)C)C(=C)C. The van der Waals surface area contributed by atoms with Gasteiger partial charge in [-0.15, -0.1) is 0 Å². The summed E-state index contributed by atoms with van der Waals surface area (Å²) in [7, 11) is 0. The lowest BCUT2D eigenvalue weighted by atomic mass is 10.0. The molecule has 0 heteroatoms. The van der Waals surface area contributed by atoms with Crippen molar-refractivity contribution in [2.24, 2.45) is 0 Å². The van der Waals surface area contributed by atoms with Crippen LogP contribution in [0.4, 0.5) is 0 Å². The topological polar surface area (TPSA) is 0 Å². The number of hydrogen-bond donors (Lipinski definition) is 0. The normalized spacial score (nSPS) is 8.64. The van der Waals surface area contributed by atoms with Gasteiger partial charge in [0.15, 0.2) is 0 Å². The minimum Gasteiger partial charge on any atom is -0.0961 e. The quantitative estimate of drug-likeness (QED) is 0.536. The predicted octanol–water partition coefficient (Wildman–Crippen LogP) is 3.64. The molecule has 0 aromatic heterocycles. The van der Waals surface area contributed by atoms with E-state index in [4.69, 9.17) is 0 Å². The summed E-state index contributed by atoms with van der Waals surface area (Å²) in [5, 5.41) is 0. The minimum atomic E-state index is 1.03. The average Bonchev–Trinajstić information content (AvgIpc) is 1.81. The highest BCUT2D eigenvalue weighted by atomic mass is 14.0. The fourth-order valence-corrected chi connectivity index (χ4v) is 0.857. The van der Waals surface area contributed by atoms with E-state index in [0.717, 1.165) is 22.3 Å². The molecule has 0 aromatic rings. The molecule has 0 bridgehead atoms. The van der Waals surface area contributed by atoms with Crippen LogP contribution in [0.5, 0.6) is 0 Å². The van der Waals surface area contributed by atoms with Crippen molar-refractivity contribution in [2.45, 2.75) is 20.8 Å². The van der Waals surface area contributed by atoms with Crippen molar-refractivity contribution in [1.29, 1.82) is 0 Å². The summed E-state index contributed by atoms with van der Waals surface area (Å²) in [4.78, 5) is 0. The number of rotatable bonds is 3. The lowest BCUT2D eigenvalue weighted by Gasteiger charge is -2.05. The smallest absolute Gasteiger partial charge is 0.0207 e. The Kier molecular flexibility index (Phi) is 3.59. The van der Waals surface area contributed by atoms with Crippen LogP contribution in [0.2, 0.25) is 0 Å². The Morgan fingerprint density at radius 2 is 1.27 bits per heavy atom. The molecule has 0 saturated carbocycles. The Bertz CT molecular complexity index is 210. The van der Waals surface area contributed by atoms with Crippen LogP contribution in [0.3, 0.4) is 0 Å². The third kappa shape index (κ3) is 3.61. The van der Waals surface area contributed by atoms with Crippen LogP contribution in [0.15, 0.2) is 48.1 Å². The van der Waals surface area contributed by atoms with Crippen molar-refractivity contribution >= 4 is 0 Å².